The SMILES string of the molecule is COc1ccc2c(c1)nc(CCl)n2CCc1ccc(Br)s1. The lowest BCUT2D eigenvalue weighted by atomic mass is 10.3. The molecule has 0 spiro atoms. The number of fused-ring (bicyclic) bond motifs is 1. The molecule has 2 aromatic heterocycles. The van der Waals surface area contributed by atoms with E-state index in [2.05, 4.69) is 37.6 Å². The molecule has 0 atom stereocenters. The molecule has 6 heteroatoms. The average Bonchev–Trinajstić information content (AvgIpc) is 3.07. The molecular formula is C15H14BrClN2OS. The highest BCUT2D eigenvalue weighted by Crippen LogP contribution is 2.25. The van der Waals surface area contributed by atoms with E-state index in [0.717, 1.165) is 39.4 Å². The van der Waals surface area contributed by atoms with Crippen LogP contribution in [0.5, 0.6) is 5.75 Å². The number of alkyl halides is 1. The van der Waals surface area contributed by atoms with E-state index in [9.17, 15) is 0 Å². The molecule has 3 aromatic rings. The quantitative estimate of drug-likeness (QED) is 0.587. The highest BCUT2D eigenvalue weighted by Gasteiger charge is 2.11. The van der Waals surface area contributed by atoms with Crippen LogP contribution in [-0.4, -0.2) is 16.7 Å². The molecule has 0 aliphatic rings. The molecule has 110 valence electrons. The summed E-state index contributed by atoms with van der Waals surface area (Å²) in [5.74, 6) is 2.12. The number of hydrogen-bond donors (Lipinski definition) is 0. The maximum absolute atomic E-state index is 6.04. The minimum atomic E-state index is 0.408. The summed E-state index contributed by atoms with van der Waals surface area (Å²) >= 11 is 11.3. The normalized spacial score (nSPS) is 11.2. The van der Waals surface area contributed by atoms with E-state index >= 15 is 0 Å². The van der Waals surface area contributed by atoms with Crippen molar-refractivity contribution in [3.05, 3.63) is 44.8 Å². The molecule has 0 bridgehead atoms. The summed E-state index contributed by atoms with van der Waals surface area (Å²) in [6, 6.07) is 10.2. The Balaban J connectivity index is 1.92. The number of hydrogen-bond acceptors (Lipinski definition) is 3. The van der Waals surface area contributed by atoms with Crippen LogP contribution in [0.4, 0.5) is 0 Å². The van der Waals surface area contributed by atoms with Gasteiger partial charge in [-0.1, -0.05) is 0 Å². The van der Waals surface area contributed by atoms with E-state index in [0.29, 0.717) is 5.88 Å². The number of nitrogens with zero attached hydrogens (tertiary/aromatic N) is 2. The van der Waals surface area contributed by atoms with E-state index in [1.807, 2.05) is 18.2 Å². The molecule has 21 heavy (non-hydrogen) atoms. The van der Waals surface area contributed by atoms with Crippen LogP contribution in [-0.2, 0) is 18.8 Å². The summed E-state index contributed by atoms with van der Waals surface area (Å²) in [5, 5.41) is 0. The molecule has 0 saturated heterocycles. The van der Waals surface area contributed by atoms with Crippen molar-refractivity contribution >= 4 is 49.9 Å². The molecule has 2 heterocycles. The van der Waals surface area contributed by atoms with Gasteiger partial charge in [-0.05, 0) is 46.6 Å². The third-order valence-electron chi connectivity index (χ3n) is 3.36. The molecule has 0 saturated carbocycles. The van der Waals surface area contributed by atoms with E-state index < -0.39 is 0 Å². The van der Waals surface area contributed by atoms with Crippen molar-refractivity contribution in [2.75, 3.05) is 7.11 Å². The van der Waals surface area contributed by atoms with Crippen molar-refractivity contribution in [3.63, 3.8) is 0 Å². The summed E-state index contributed by atoms with van der Waals surface area (Å²) in [6.07, 6.45) is 0.970. The van der Waals surface area contributed by atoms with Gasteiger partial charge in [0.1, 0.15) is 11.6 Å². The highest BCUT2D eigenvalue weighted by molar-refractivity contribution is 9.11. The maximum atomic E-state index is 6.04. The van der Waals surface area contributed by atoms with Crippen molar-refractivity contribution in [1.82, 2.24) is 9.55 Å². The second-order valence-electron chi connectivity index (χ2n) is 4.62. The van der Waals surface area contributed by atoms with Crippen molar-refractivity contribution in [2.45, 2.75) is 18.8 Å². The predicted octanol–water partition coefficient (Wildman–Crippen LogP) is 4.85. The molecule has 0 amide bonds. The molecule has 1 aromatic carbocycles. The first kappa shape index (κ1) is 14.9. The first-order valence-electron chi connectivity index (χ1n) is 6.54. The lowest BCUT2D eigenvalue weighted by Crippen LogP contribution is -2.04. The second-order valence-corrected chi connectivity index (χ2v) is 7.44. The number of imidazole rings is 1. The monoisotopic (exact) mass is 384 g/mol. The topological polar surface area (TPSA) is 27.1 Å². The van der Waals surface area contributed by atoms with Crippen LogP contribution in [0.3, 0.4) is 0 Å². The lowest BCUT2D eigenvalue weighted by Gasteiger charge is -2.07. The first-order chi connectivity index (χ1) is 10.2. The fourth-order valence-electron chi connectivity index (χ4n) is 2.35. The smallest absolute Gasteiger partial charge is 0.124 e. The zero-order chi connectivity index (χ0) is 14.8. The molecule has 3 nitrogen and oxygen atoms in total. The molecule has 0 fully saturated rings. The van der Waals surface area contributed by atoms with E-state index in [4.69, 9.17) is 16.3 Å². The van der Waals surface area contributed by atoms with Crippen LogP contribution in [0.15, 0.2) is 34.1 Å². The number of rotatable bonds is 5. The predicted molar refractivity (Wildman–Crippen MR) is 91.6 cm³/mol. The van der Waals surface area contributed by atoms with Crippen LogP contribution >= 0.6 is 38.9 Å². The first-order valence-corrected chi connectivity index (χ1v) is 8.69. The standard InChI is InChI=1S/C15H14BrClN2OS/c1-20-10-2-4-13-12(8-10)18-15(9-17)19(13)7-6-11-3-5-14(16)21-11/h2-5,8H,6-7,9H2,1H3. The largest absolute Gasteiger partial charge is 0.497 e. The number of ether oxygens (including phenoxy) is 1. The van der Waals surface area contributed by atoms with E-state index in [1.165, 1.54) is 4.88 Å². The Hall–Kier alpha value is -1.04. The Morgan fingerprint density at radius 1 is 1.33 bits per heavy atom. The van der Waals surface area contributed by atoms with Gasteiger partial charge in [0.05, 0.1) is 27.8 Å². The Morgan fingerprint density at radius 3 is 2.86 bits per heavy atom. The number of halogens is 2. The second kappa shape index (κ2) is 6.38. The Morgan fingerprint density at radius 2 is 2.19 bits per heavy atom. The van der Waals surface area contributed by atoms with Crippen molar-refractivity contribution in [1.29, 1.82) is 0 Å². The minimum absolute atomic E-state index is 0.408. The molecule has 3 rings (SSSR count). The number of aryl methyl sites for hydroxylation is 2. The third-order valence-corrected chi connectivity index (χ3v) is 5.29. The van der Waals surface area contributed by atoms with Gasteiger partial charge in [-0.25, -0.2) is 4.98 Å². The van der Waals surface area contributed by atoms with Crippen molar-refractivity contribution in [3.8, 4) is 5.75 Å². The van der Waals surface area contributed by atoms with Gasteiger partial charge in [0.15, 0.2) is 0 Å². The average molecular weight is 386 g/mol. The Labute approximate surface area is 140 Å². The van der Waals surface area contributed by atoms with Gasteiger partial charge in [0.2, 0.25) is 0 Å². The fourth-order valence-corrected chi connectivity index (χ4v) is 4.02. The molecule has 0 N–H and O–H groups in total. The molecule has 0 aliphatic heterocycles. The Kier molecular flexibility index (Phi) is 4.52. The zero-order valence-corrected chi connectivity index (χ0v) is 14.6. The Bertz CT molecular complexity index is 768. The van der Waals surface area contributed by atoms with Crippen LogP contribution in [0.2, 0.25) is 0 Å². The number of thiophene rings is 1. The van der Waals surface area contributed by atoms with Gasteiger partial charge in [0, 0.05) is 17.5 Å². The molecular weight excluding hydrogens is 372 g/mol. The summed E-state index contributed by atoms with van der Waals surface area (Å²) in [5.41, 5.74) is 2.03. The van der Waals surface area contributed by atoms with E-state index in [1.54, 1.807) is 18.4 Å². The van der Waals surface area contributed by atoms with Gasteiger partial charge < -0.3 is 9.30 Å². The van der Waals surface area contributed by atoms with Gasteiger partial charge in [-0.3, -0.25) is 0 Å². The number of benzene rings is 1. The zero-order valence-electron chi connectivity index (χ0n) is 11.5. The third kappa shape index (κ3) is 3.10. The maximum Gasteiger partial charge on any atom is 0.124 e. The number of aromatic nitrogens is 2. The van der Waals surface area contributed by atoms with Gasteiger partial charge in [0.25, 0.3) is 0 Å². The van der Waals surface area contributed by atoms with Crippen LogP contribution in [0.1, 0.15) is 10.7 Å². The molecule has 0 unspecified atom stereocenters. The van der Waals surface area contributed by atoms with E-state index in [-0.39, 0.29) is 0 Å². The molecule has 0 radical (unpaired) electrons. The number of methoxy groups -OCH3 is 1. The van der Waals surface area contributed by atoms with Crippen LogP contribution in [0, 0.1) is 0 Å². The van der Waals surface area contributed by atoms with Crippen LogP contribution in [0.25, 0.3) is 11.0 Å². The minimum Gasteiger partial charge on any atom is -0.497 e. The van der Waals surface area contributed by atoms with Crippen molar-refractivity contribution in [2.24, 2.45) is 0 Å². The van der Waals surface area contributed by atoms with Crippen molar-refractivity contribution < 1.29 is 4.74 Å². The lowest BCUT2D eigenvalue weighted by molar-refractivity contribution is 0.415. The fraction of sp³-hybridized carbons (Fsp3) is 0.267. The molecule has 0 aliphatic carbocycles. The summed E-state index contributed by atoms with van der Waals surface area (Å²) in [4.78, 5) is 5.95. The van der Waals surface area contributed by atoms with Gasteiger partial charge in [-0.2, -0.15) is 0 Å². The van der Waals surface area contributed by atoms with Gasteiger partial charge >= 0.3 is 0 Å². The summed E-state index contributed by atoms with van der Waals surface area (Å²) < 4.78 is 8.60. The summed E-state index contributed by atoms with van der Waals surface area (Å²) in [6.45, 7) is 0.873. The van der Waals surface area contributed by atoms with Gasteiger partial charge in [-0.15, -0.1) is 22.9 Å². The highest BCUT2D eigenvalue weighted by atomic mass is 79.9. The summed E-state index contributed by atoms with van der Waals surface area (Å²) in [7, 11) is 1.66. The van der Waals surface area contributed by atoms with Crippen LogP contribution < -0.4 is 4.74 Å².